The zero-order chi connectivity index (χ0) is 14.6. The molecule has 2 N–H and O–H groups in total. The van der Waals surface area contributed by atoms with Gasteiger partial charge in [0.25, 0.3) is 0 Å². The fraction of sp³-hybridized carbons (Fsp3) is 0.846. The summed E-state index contributed by atoms with van der Waals surface area (Å²) < 4.78 is 0. The van der Waals surface area contributed by atoms with Crippen LogP contribution in [0.3, 0.4) is 0 Å². The Morgan fingerprint density at radius 2 is 2.05 bits per heavy atom. The molecule has 1 fully saturated rings. The molecule has 0 saturated carbocycles. The van der Waals surface area contributed by atoms with Gasteiger partial charge in [0.05, 0.1) is 18.1 Å². The molecule has 0 spiro atoms. The molecule has 1 saturated heterocycles. The van der Waals surface area contributed by atoms with Crippen LogP contribution in [0.5, 0.6) is 0 Å². The van der Waals surface area contributed by atoms with Gasteiger partial charge in [-0.1, -0.05) is 0 Å². The Labute approximate surface area is 114 Å². The first-order valence-electron chi connectivity index (χ1n) is 6.66. The van der Waals surface area contributed by atoms with E-state index in [0.717, 1.165) is 12.8 Å². The van der Waals surface area contributed by atoms with Gasteiger partial charge in [0.1, 0.15) is 0 Å². The average Bonchev–Trinajstić information content (AvgIpc) is 2.37. The largest absolute Gasteiger partial charge is 0.394 e. The van der Waals surface area contributed by atoms with Crippen molar-refractivity contribution in [2.45, 2.75) is 32.2 Å². The van der Waals surface area contributed by atoms with E-state index in [4.69, 9.17) is 5.11 Å². The number of nitrogens with zero attached hydrogens (tertiary/aromatic N) is 2. The summed E-state index contributed by atoms with van der Waals surface area (Å²) >= 11 is 0. The normalized spacial score (nSPS) is 20.1. The first kappa shape index (κ1) is 15.8. The lowest BCUT2D eigenvalue weighted by atomic mass is 9.95. The number of aliphatic hydroxyl groups is 1. The summed E-state index contributed by atoms with van der Waals surface area (Å²) in [6.07, 6.45) is 1.61. The molecule has 1 rings (SSSR count). The summed E-state index contributed by atoms with van der Waals surface area (Å²) in [5.74, 6) is -0.279. The first-order chi connectivity index (χ1) is 8.76. The third-order valence-electron chi connectivity index (χ3n) is 3.30. The molecule has 1 aliphatic rings. The zero-order valence-electron chi connectivity index (χ0n) is 12.3. The number of rotatable bonds is 3. The van der Waals surface area contributed by atoms with Gasteiger partial charge in [0, 0.05) is 27.2 Å². The lowest BCUT2D eigenvalue weighted by Crippen LogP contribution is -2.53. The minimum Gasteiger partial charge on any atom is -0.394 e. The van der Waals surface area contributed by atoms with Gasteiger partial charge < -0.3 is 20.2 Å². The number of hydrogen-bond donors (Lipinski definition) is 2. The van der Waals surface area contributed by atoms with Crippen LogP contribution in [0.4, 0.5) is 4.79 Å². The van der Waals surface area contributed by atoms with Gasteiger partial charge in [0.2, 0.25) is 5.91 Å². The van der Waals surface area contributed by atoms with Crippen LogP contribution in [0, 0.1) is 5.92 Å². The van der Waals surface area contributed by atoms with E-state index in [1.807, 2.05) is 0 Å². The summed E-state index contributed by atoms with van der Waals surface area (Å²) in [5, 5.41) is 12.0. The van der Waals surface area contributed by atoms with Crippen molar-refractivity contribution < 1.29 is 14.7 Å². The van der Waals surface area contributed by atoms with Crippen LogP contribution in [0.1, 0.15) is 26.7 Å². The van der Waals surface area contributed by atoms with E-state index in [2.05, 4.69) is 5.32 Å². The highest BCUT2D eigenvalue weighted by Gasteiger charge is 2.31. The summed E-state index contributed by atoms with van der Waals surface area (Å²) in [4.78, 5) is 27.3. The van der Waals surface area contributed by atoms with Crippen LogP contribution in [-0.4, -0.2) is 66.2 Å². The van der Waals surface area contributed by atoms with Crippen molar-refractivity contribution in [3.8, 4) is 0 Å². The van der Waals surface area contributed by atoms with Gasteiger partial charge in [-0.25, -0.2) is 4.79 Å². The molecule has 6 heteroatoms. The minimum atomic E-state index is -0.620. The number of aliphatic hydroxyl groups excluding tert-OH is 1. The SMILES string of the molecule is CN(C)C(=O)N1CCCC(C(=O)NC(C)(C)CO)C1. The molecule has 0 bridgehead atoms. The number of hydrogen-bond acceptors (Lipinski definition) is 3. The van der Waals surface area contributed by atoms with Crippen molar-refractivity contribution in [1.82, 2.24) is 15.1 Å². The second-order valence-corrected chi connectivity index (χ2v) is 5.99. The Balaban J connectivity index is 2.60. The van der Waals surface area contributed by atoms with Crippen molar-refractivity contribution in [3.05, 3.63) is 0 Å². The molecular formula is C13H25N3O3. The van der Waals surface area contributed by atoms with Crippen LogP contribution in [0.15, 0.2) is 0 Å². The molecule has 0 aromatic heterocycles. The predicted molar refractivity (Wildman–Crippen MR) is 72.7 cm³/mol. The molecule has 110 valence electrons. The zero-order valence-corrected chi connectivity index (χ0v) is 12.3. The highest BCUT2D eigenvalue weighted by Crippen LogP contribution is 2.18. The molecule has 1 unspecified atom stereocenters. The molecule has 1 aliphatic heterocycles. The molecule has 6 nitrogen and oxygen atoms in total. The molecular weight excluding hydrogens is 246 g/mol. The molecule has 0 aromatic rings. The molecule has 0 radical (unpaired) electrons. The Hall–Kier alpha value is -1.30. The van der Waals surface area contributed by atoms with E-state index >= 15 is 0 Å². The average molecular weight is 271 g/mol. The van der Waals surface area contributed by atoms with Crippen LogP contribution in [0.2, 0.25) is 0 Å². The smallest absolute Gasteiger partial charge is 0.319 e. The Morgan fingerprint density at radius 1 is 1.42 bits per heavy atom. The number of likely N-dealkylation sites (tertiary alicyclic amines) is 1. The maximum atomic E-state index is 12.1. The van der Waals surface area contributed by atoms with Crippen molar-refractivity contribution in [2.75, 3.05) is 33.8 Å². The fourth-order valence-electron chi connectivity index (χ4n) is 2.12. The standard InChI is InChI=1S/C13H25N3O3/c1-13(2,9-17)14-11(18)10-6-5-7-16(8-10)12(19)15(3)4/h10,17H,5-9H2,1-4H3,(H,14,18). The van der Waals surface area contributed by atoms with Crippen molar-refractivity contribution in [2.24, 2.45) is 5.92 Å². The number of nitrogens with one attached hydrogen (secondary N) is 1. The van der Waals surface area contributed by atoms with Crippen molar-refractivity contribution in [1.29, 1.82) is 0 Å². The lowest BCUT2D eigenvalue weighted by Gasteiger charge is -2.35. The highest BCUT2D eigenvalue weighted by molar-refractivity contribution is 5.81. The third-order valence-corrected chi connectivity index (χ3v) is 3.30. The van der Waals surface area contributed by atoms with E-state index in [-0.39, 0.29) is 24.5 Å². The molecule has 0 aromatic carbocycles. The lowest BCUT2D eigenvalue weighted by molar-refractivity contribution is -0.128. The Kier molecular flexibility index (Phi) is 5.17. The van der Waals surface area contributed by atoms with E-state index in [1.54, 1.807) is 32.8 Å². The second kappa shape index (κ2) is 6.23. The molecule has 1 atom stereocenters. The van der Waals surface area contributed by atoms with Gasteiger partial charge in [-0.05, 0) is 26.7 Å². The topological polar surface area (TPSA) is 72.9 Å². The Bertz CT molecular complexity index is 342. The second-order valence-electron chi connectivity index (χ2n) is 5.99. The number of piperidine rings is 1. The van der Waals surface area contributed by atoms with Gasteiger partial charge >= 0.3 is 6.03 Å². The van der Waals surface area contributed by atoms with E-state index in [1.165, 1.54) is 4.90 Å². The number of urea groups is 1. The van der Waals surface area contributed by atoms with Gasteiger partial charge in [0.15, 0.2) is 0 Å². The molecule has 3 amide bonds. The summed E-state index contributed by atoms with van der Waals surface area (Å²) in [6, 6.07) is -0.0566. The third kappa shape index (κ3) is 4.38. The quantitative estimate of drug-likeness (QED) is 0.773. The number of carbonyl (C=O) groups is 2. The van der Waals surface area contributed by atoms with Crippen molar-refractivity contribution >= 4 is 11.9 Å². The van der Waals surface area contributed by atoms with Gasteiger partial charge in [-0.15, -0.1) is 0 Å². The van der Waals surface area contributed by atoms with E-state index in [0.29, 0.717) is 13.1 Å². The number of carbonyl (C=O) groups excluding carboxylic acids is 2. The number of amides is 3. The van der Waals surface area contributed by atoms with Crippen LogP contribution < -0.4 is 5.32 Å². The van der Waals surface area contributed by atoms with Crippen LogP contribution in [-0.2, 0) is 4.79 Å². The maximum Gasteiger partial charge on any atom is 0.319 e. The first-order valence-corrected chi connectivity index (χ1v) is 6.66. The summed E-state index contributed by atoms with van der Waals surface area (Å²) in [5.41, 5.74) is -0.620. The monoisotopic (exact) mass is 271 g/mol. The Morgan fingerprint density at radius 3 is 2.58 bits per heavy atom. The van der Waals surface area contributed by atoms with E-state index in [9.17, 15) is 9.59 Å². The maximum absolute atomic E-state index is 12.1. The summed E-state index contributed by atoms with van der Waals surface area (Å²) in [6.45, 7) is 4.59. The van der Waals surface area contributed by atoms with Gasteiger partial charge in [-0.3, -0.25) is 4.79 Å². The molecule has 1 heterocycles. The van der Waals surface area contributed by atoms with Crippen LogP contribution >= 0.6 is 0 Å². The fourth-order valence-corrected chi connectivity index (χ4v) is 2.12. The molecule has 19 heavy (non-hydrogen) atoms. The van der Waals surface area contributed by atoms with Gasteiger partial charge in [-0.2, -0.15) is 0 Å². The van der Waals surface area contributed by atoms with Crippen molar-refractivity contribution in [3.63, 3.8) is 0 Å². The van der Waals surface area contributed by atoms with E-state index < -0.39 is 5.54 Å². The highest BCUT2D eigenvalue weighted by atomic mass is 16.3. The predicted octanol–water partition coefficient (Wildman–Crippen LogP) is 0.267. The summed E-state index contributed by atoms with van der Waals surface area (Å²) in [7, 11) is 3.42. The molecule has 0 aliphatic carbocycles. The minimum absolute atomic E-state index is 0.0566. The van der Waals surface area contributed by atoms with Crippen LogP contribution in [0.25, 0.3) is 0 Å².